The van der Waals surface area contributed by atoms with Crippen LogP contribution < -0.4 is 10.1 Å². The van der Waals surface area contributed by atoms with Crippen molar-refractivity contribution in [2.45, 2.75) is 31.2 Å². The summed E-state index contributed by atoms with van der Waals surface area (Å²) in [6.07, 6.45) is 0.222. The van der Waals surface area contributed by atoms with E-state index in [1.54, 1.807) is 0 Å². The normalized spacial score (nSPS) is 11.4. The lowest BCUT2D eigenvalue weighted by molar-refractivity contribution is -0.122. The molecule has 0 aromatic heterocycles. The van der Waals surface area contributed by atoms with Crippen molar-refractivity contribution < 1.29 is 17.9 Å². The predicted octanol–water partition coefficient (Wildman–Crippen LogP) is 2.67. The molecule has 0 bridgehead atoms. The molecule has 1 rings (SSSR count). The Hall–Kier alpha value is -0.790. The summed E-state index contributed by atoms with van der Waals surface area (Å²) in [7, 11) is 1.47. The van der Waals surface area contributed by atoms with Gasteiger partial charge in [0.2, 0.25) is 5.91 Å². The van der Waals surface area contributed by atoms with Crippen LogP contribution in [0.1, 0.15) is 20.3 Å². The van der Waals surface area contributed by atoms with E-state index in [-0.39, 0.29) is 29.9 Å². The summed E-state index contributed by atoms with van der Waals surface area (Å²) in [6, 6.07) is 4.27. The van der Waals surface area contributed by atoms with Crippen molar-refractivity contribution >= 4 is 41.6 Å². The van der Waals surface area contributed by atoms with E-state index in [0.29, 0.717) is 10.2 Å². The number of amides is 1. The Balaban J connectivity index is 2.60. The number of rotatable bonds is 6. The third-order valence-electron chi connectivity index (χ3n) is 2.22. The highest BCUT2D eigenvalue weighted by molar-refractivity contribution is 9.10. The first-order valence-corrected chi connectivity index (χ1v) is 8.96. The third kappa shape index (κ3) is 5.68. The molecule has 1 aromatic carbocycles. The van der Waals surface area contributed by atoms with Crippen LogP contribution in [0.2, 0.25) is 0 Å². The topological polar surface area (TPSA) is 72.5 Å². The zero-order chi connectivity index (χ0) is 15.3. The van der Waals surface area contributed by atoms with Crippen molar-refractivity contribution in [2.24, 2.45) is 0 Å². The molecular weight excluding hydrogens is 370 g/mol. The molecule has 0 atom stereocenters. The Morgan fingerprint density at radius 3 is 2.60 bits per heavy atom. The summed E-state index contributed by atoms with van der Waals surface area (Å²) in [5.74, 6) is 0.350. The monoisotopic (exact) mass is 383 g/mol. The molecule has 1 N–H and O–H groups in total. The van der Waals surface area contributed by atoms with Crippen LogP contribution in [-0.2, 0) is 13.8 Å². The van der Waals surface area contributed by atoms with Crippen LogP contribution in [-0.4, -0.2) is 27.0 Å². The smallest absolute Gasteiger partial charge is 0.261 e. The van der Waals surface area contributed by atoms with Crippen LogP contribution in [0.25, 0.3) is 0 Å². The molecule has 8 heteroatoms. The summed E-state index contributed by atoms with van der Waals surface area (Å²) >= 11 is 3.20. The van der Waals surface area contributed by atoms with Crippen LogP contribution >= 0.6 is 26.6 Å². The molecule has 0 saturated carbocycles. The second-order valence-electron chi connectivity index (χ2n) is 4.35. The second-order valence-corrected chi connectivity index (χ2v) is 7.77. The molecule has 112 valence electrons. The van der Waals surface area contributed by atoms with Crippen molar-refractivity contribution in [1.82, 2.24) is 5.32 Å². The molecule has 1 aromatic rings. The maximum absolute atomic E-state index is 11.4. The van der Waals surface area contributed by atoms with Crippen molar-refractivity contribution in [3.8, 4) is 5.75 Å². The van der Waals surface area contributed by atoms with E-state index in [1.165, 1.54) is 18.2 Å². The summed E-state index contributed by atoms with van der Waals surface area (Å²) < 4.78 is 28.2. The average Bonchev–Trinajstić information content (AvgIpc) is 2.28. The third-order valence-corrected chi connectivity index (χ3v) is 4.19. The molecule has 0 aliphatic rings. The maximum atomic E-state index is 11.4. The van der Waals surface area contributed by atoms with Gasteiger partial charge in [-0.25, -0.2) is 8.42 Å². The molecule has 0 spiro atoms. The lowest BCUT2D eigenvalue weighted by Crippen LogP contribution is -2.31. The molecule has 0 unspecified atom stereocenters. The second kappa shape index (κ2) is 7.28. The minimum Gasteiger partial charge on any atom is -0.492 e. The molecule has 5 nitrogen and oxygen atoms in total. The molecule has 0 radical (unpaired) electrons. The average molecular weight is 385 g/mol. The summed E-state index contributed by atoms with van der Waals surface area (Å²) in [5.41, 5.74) is 0. The van der Waals surface area contributed by atoms with Crippen molar-refractivity contribution in [3.63, 3.8) is 0 Å². The maximum Gasteiger partial charge on any atom is 0.261 e. The SMILES string of the molecule is CC(C)NC(=O)CCOc1ccc(S(=O)(=O)Cl)cc1Br. The lowest BCUT2D eigenvalue weighted by atomic mass is 10.3. The standard InChI is InChI=1S/C12H15BrClNO4S/c1-8(2)15-12(16)5-6-19-11-4-3-9(7-10(11)13)20(14,17)18/h3-4,7-8H,5-6H2,1-2H3,(H,15,16). The molecule has 0 fully saturated rings. The number of halogens is 2. The Kier molecular flexibility index (Phi) is 6.29. The first-order valence-electron chi connectivity index (χ1n) is 5.86. The van der Waals surface area contributed by atoms with E-state index in [0.717, 1.165) is 0 Å². The van der Waals surface area contributed by atoms with E-state index in [9.17, 15) is 13.2 Å². The Bertz CT molecular complexity index is 589. The van der Waals surface area contributed by atoms with Gasteiger partial charge in [0, 0.05) is 16.7 Å². The van der Waals surface area contributed by atoms with Crippen molar-refractivity contribution in [2.75, 3.05) is 6.61 Å². The fourth-order valence-corrected chi connectivity index (χ4v) is 2.82. The molecule has 0 aliphatic carbocycles. The fraction of sp³-hybridized carbons (Fsp3) is 0.417. The summed E-state index contributed by atoms with van der Waals surface area (Å²) in [6.45, 7) is 3.95. The molecule has 1 amide bonds. The van der Waals surface area contributed by atoms with Gasteiger partial charge in [-0.2, -0.15) is 0 Å². The first-order chi connectivity index (χ1) is 9.20. The van der Waals surface area contributed by atoms with Crippen molar-refractivity contribution in [1.29, 1.82) is 0 Å². The quantitative estimate of drug-likeness (QED) is 0.765. The lowest BCUT2D eigenvalue weighted by Gasteiger charge is -2.10. The van der Waals surface area contributed by atoms with Gasteiger partial charge in [0.15, 0.2) is 0 Å². The molecule has 0 aliphatic heterocycles. The fourth-order valence-electron chi connectivity index (χ4n) is 1.40. The van der Waals surface area contributed by atoms with E-state index in [4.69, 9.17) is 15.4 Å². The van der Waals surface area contributed by atoms with E-state index in [2.05, 4.69) is 21.2 Å². The zero-order valence-corrected chi connectivity index (χ0v) is 14.2. The van der Waals surface area contributed by atoms with E-state index >= 15 is 0 Å². The number of carbonyl (C=O) groups is 1. The summed E-state index contributed by atoms with van der Waals surface area (Å²) in [4.78, 5) is 11.4. The number of hydrogen-bond acceptors (Lipinski definition) is 4. The molecule has 0 saturated heterocycles. The highest BCUT2D eigenvalue weighted by Gasteiger charge is 2.13. The minimum atomic E-state index is -3.77. The van der Waals surface area contributed by atoms with Crippen LogP contribution in [0, 0.1) is 0 Å². The van der Waals surface area contributed by atoms with Gasteiger partial charge < -0.3 is 10.1 Å². The Labute approximate surface area is 131 Å². The van der Waals surface area contributed by atoms with Gasteiger partial charge in [-0.1, -0.05) is 0 Å². The van der Waals surface area contributed by atoms with Gasteiger partial charge in [0.1, 0.15) is 5.75 Å². The number of benzene rings is 1. The molecule has 0 heterocycles. The Morgan fingerprint density at radius 2 is 2.10 bits per heavy atom. The zero-order valence-electron chi connectivity index (χ0n) is 11.0. The Morgan fingerprint density at radius 1 is 1.45 bits per heavy atom. The molecular formula is C12H15BrClNO4S. The number of hydrogen-bond donors (Lipinski definition) is 1. The van der Waals surface area contributed by atoms with Gasteiger partial charge in [-0.05, 0) is 48.0 Å². The van der Waals surface area contributed by atoms with Gasteiger partial charge >= 0.3 is 0 Å². The summed E-state index contributed by atoms with van der Waals surface area (Å²) in [5, 5.41) is 2.75. The van der Waals surface area contributed by atoms with Gasteiger partial charge in [-0.15, -0.1) is 0 Å². The number of carbonyl (C=O) groups excluding carboxylic acids is 1. The van der Waals surface area contributed by atoms with Gasteiger partial charge in [-0.3, -0.25) is 4.79 Å². The number of ether oxygens (including phenoxy) is 1. The number of nitrogens with one attached hydrogen (secondary N) is 1. The van der Waals surface area contributed by atoms with Crippen LogP contribution in [0.4, 0.5) is 0 Å². The van der Waals surface area contributed by atoms with Crippen molar-refractivity contribution in [3.05, 3.63) is 22.7 Å². The first kappa shape index (κ1) is 17.3. The van der Waals surface area contributed by atoms with Crippen LogP contribution in [0.3, 0.4) is 0 Å². The molecule has 20 heavy (non-hydrogen) atoms. The predicted molar refractivity (Wildman–Crippen MR) is 80.6 cm³/mol. The van der Waals surface area contributed by atoms with Gasteiger partial charge in [0.25, 0.3) is 9.05 Å². The minimum absolute atomic E-state index is 0.0176. The van der Waals surface area contributed by atoms with Crippen LogP contribution in [0.15, 0.2) is 27.6 Å². The van der Waals surface area contributed by atoms with Gasteiger partial charge in [0.05, 0.1) is 22.4 Å². The highest BCUT2D eigenvalue weighted by Crippen LogP contribution is 2.29. The highest BCUT2D eigenvalue weighted by atomic mass is 79.9. The largest absolute Gasteiger partial charge is 0.492 e. The van der Waals surface area contributed by atoms with E-state index < -0.39 is 9.05 Å². The van der Waals surface area contributed by atoms with Crippen LogP contribution in [0.5, 0.6) is 5.75 Å². The van der Waals surface area contributed by atoms with E-state index in [1.807, 2.05) is 13.8 Å².